The second kappa shape index (κ2) is 5.45. The summed E-state index contributed by atoms with van der Waals surface area (Å²) in [6.45, 7) is 0. The second-order valence-corrected chi connectivity index (χ2v) is 4.02. The van der Waals surface area contributed by atoms with Crippen molar-refractivity contribution < 1.29 is 9.72 Å². The highest BCUT2D eigenvalue weighted by Gasteiger charge is 2.12. The Morgan fingerprint density at radius 1 is 1.26 bits per heavy atom. The van der Waals surface area contributed by atoms with Gasteiger partial charge in [-0.1, -0.05) is 11.6 Å². The van der Waals surface area contributed by atoms with Crippen molar-refractivity contribution in [2.24, 2.45) is 0 Å². The van der Waals surface area contributed by atoms with Crippen molar-refractivity contribution in [2.75, 3.05) is 5.32 Å². The number of carbonyl (C=O) groups excluding carboxylic acids is 1. The number of hydrogen-bond acceptors (Lipinski definition) is 4. The third-order valence-electron chi connectivity index (χ3n) is 2.35. The molecule has 0 saturated carbocycles. The first kappa shape index (κ1) is 13.0. The second-order valence-electron chi connectivity index (χ2n) is 3.61. The third kappa shape index (κ3) is 3.05. The molecule has 1 heterocycles. The SMILES string of the molecule is O=C(Nc1cc([N+](=O)[O-])ccc1Cl)c1ccncc1. The number of benzene rings is 1. The third-order valence-corrected chi connectivity index (χ3v) is 2.68. The first-order valence-corrected chi connectivity index (χ1v) is 5.61. The summed E-state index contributed by atoms with van der Waals surface area (Å²) in [5, 5.41) is 13.4. The number of rotatable bonds is 3. The fourth-order valence-electron chi connectivity index (χ4n) is 1.42. The van der Waals surface area contributed by atoms with E-state index in [1.807, 2.05) is 0 Å². The number of aromatic nitrogens is 1. The van der Waals surface area contributed by atoms with Gasteiger partial charge in [-0.05, 0) is 18.2 Å². The predicted octanol–water partition coefficient (Wildman–Crippen LogP) is 2.90. The number of nitro groups is 1. The van der Waals surface area contributed by atoms with Gasteiger partial charge in [0.1, 0.15) is 0 Å². The Hall–Kier alpha value is -2.47. The molecule has 2 rings (SSSR count). The minimum absolute atomic E-state index is 0.144. The predicted molar refractivity (Wildman–Crippen MR) is 70.3 cm³/mol. The lowest BCUT2D eigenvalue weighted by atomic mass is 10.2. The number of hydrogen-bond donors (Lipinski definition) is 1. The lowest BCUT2D eigenvalue weighted by molar-refractivity contribution is -0.384. The van der Waals surface area contributed by atoms with Crippen molar-refractivity contribution in [2.45, 2.75) is 0 Å². The summed E-state index contributed by atoms with van der Waals surface area (Å²) >= 11 is 5.88. The summed E-state index contributed by atoms with van der Waals surface area (Å²) in [5.41, 5.74) is 0.435. The normalized spacial score (nSPS) is 9.95. The fourth-order valence-corrected chi connectivity index (χ4v) is 1.59. The highest BCUT2D eigenvalue weighted by Crippen LogP contribution is 2.27. The quantitative estimate of drug-likeness (QED) is 0.690. The molecule has 0 aliphatic carbocycles. The molecule has 0 aliphatic rings. The summed E-state index contributed by atoms with van der Waals surface area (Å²) in [5.74, 6) is -0.412. The molecule has 1 amide bonds. The van der Waals surface area contributed by atoms with E-state index in [1.165, 1.54) is 42.7 Å². The molecule has 2 aromatic rings. The Balaban J connectivity index is 2.26. The number of carbonyl (C=O) groups is 1. The smallest absolute Gasteiger partial charge is 0.271 e. The van der Waals surface area contributed by atoms with E-state index in [-0.39, 0.29) is 16.4 Å². The van der Waals surface area contributed by atoms with Crippen molar-refractivity contribution in [1.29, 1.82) is 0 Å². The van der Waals surface area contributed by atoms with Gasteiger partial charge >= 0.3 is 0 Å². The van der Waals surface area contributed by atoms with Gasteiger partial charge in [0.05, 0.1) is 15.6 Å². The molecule has 0 fully saturated rings. The first-order chi connectivity index (χ1) is 9.08. The zero-order chi connectivity index (χ0) is 13.8. The molecule has 0 radical (unpaired) electrons. The van der Waals surface area contributed by atoms with Gasteiger partial charge in [0, 0.05) is 30.1 Å². The number of halogens is 1. The number of anilines is 1. The van der Waals surface area contributed by atoms with E-state index in [0.717, 1.165) is 0 Å². The molecule has 1 aromatic heterocycles. The fraction of sp³-hybridized carbons (Fsp3) is 0. The summed E-state index contributed by atoms with van der Waals surface area (Å²) < 4.78 is 0. The number of nitro benzene ring substituents is 1. The zero-order valence-electron chi connectivity index (χ0n) is 9.54. The number of nitrogens with one attached hydrogen (secondary N) is 1. The number of amides is 1. The van der Waals surface area contributed by atoms with Crippen LogP contribution < -0.4 is 5.32 Å². The van der Waals surface area contributed by atoms with Crippen LogP contribution in [0.5, 0.6) is 0 Å². The van der Waals surface area contributed by atoms with E-state index in [9.17, 15) is 14.9 Å². The first-order valence-electron chi connectivity index (χ1n) is 5.23. The standard InChI is InChI=1S/C12H8ClN3O3/c13-10-2-1-9(16(18)19)7-11(10)15-12(17)8-3-5-14-6-4-8/h1-7H,(H,15,17). The molecule has 0 bridgehead atoms. The molecule has 1 aromatic carbocycles. The average molecular weight is 278 g/mol. The van der Waals surface area contributed by atoms with Gasteiger partial charge in [-0.15, -0.1) is 0 Å². The summed E-state index contributed by atoms with van der Waals surface area (Å²) in [6, 6.07) is 6.90. The highest BCUT2D eigenvalue weighted by molar-refractivity contribution is 6.34. The monoisotopic (exact) mass is 277 g/mol. The van der Waals surface area contributed by atoms with Gasteiger partial charge in [0.25, 0.3) is 11.6 Å². The van der Waals surface area contributed by atoms with Crippen molar-refractivity contribution in [3.05, 3.63) is 63.4 Å². The van der Waals surface area contributed by atoms with E-state index in [2.05, 4.69) is 10.3 Å². The van der Waals surface area contributed by atoms with Crippen molar-refractivity contribution in [1.82, 2.24) is 4.98 Å². The maximum atomic E-state index is 11.9. The van der Waals surface area contributed by atoms with Gasteiger partial charge in [-0.25, -0.2) is 0 Å². The molecule has 0 saturated heterocycles. The number of nitrogens with zero attached hydrogens (tertiary/aromatic N) is 2. The zero-order valence-corrected chi connectivity index (χ0v) is 10.3. The van der Waals surface area contributed by atoms with Crippen LogP contribution in [0.3, 0.4) is 0 Å². The molecule has 6 nitrogen and oxygen atoms in total. The molecule has 19 heavy (non-hydrogen) atoms. The molecule has 0 spiro atoms. The number of pyridine rings is 1. The van der Waals surface area contributed by atoms with Crippen molar-refractivity contribution in [3.8, 4) is 0 Å². The van der Waals surface area contributed by atoms with E-state index in [0.29, 0.717) is 5.56 Å². The number of non-ortho nitro benzene ring substituents is 1. The van der Waals surface area contributed by atoms with Crippen LogP contribution in [0, 0.1) is 10.1 Å². The Labute approximate surface area is 113 Å². The van der Waals surface area contributed by atoms with Gasteiger partial charge < -0.3 is 5.32 Å². The van der Waals surface area contributed by atoms with Crippen LogP contribution in [0.4, 0.5) is 11.4 Å². The largest absolute Gasteiger partial charge is 0.320 e. The van der Waals surface area contributed by atoms with Crippen LogP contribution in [-0.2, 0) is 0 Å². The Bertz CT molecular complexity index is 631. The highest BCUT2D eigenvalue weighted by atomic mass is 35.5. The molecule has 0 atom stereocenters. The van der Waals surface area contributed by atoms with Crippen LogP contribution in [0.2, 0.25) is 5.02 Å². The average Bonchev–Trinajstić information content (AvgIpc) is 2.42. The molecule has 1 N–H and O–H groups in total. The summed E-state index contributed by atoms with van der Waals surface area (Å²) in [7, 11) is 0. The molecule has 0 aliphatic heterocycles. The minimum atomic E-state index is -0.557. The van der Waals surface area contributed by atoms with Crippen LogP contribution in [0.1, 0.15) is 10.4 Å². The Kier molecular flexibility index (Phi) is 3.72. The van der Waals surface area contributed by atoms with Gasteiger partial charge in [-0.3, -0.25) is 19.9 Å². The summed E-state index contributed by atoms with van der Waals surface area (Å²) in [4.78, 5) is 25.8. The maximum Gasteiger partial charge on any atom is 0.271 e. The van der Waals surface area contributed by atoms with E-state index in [1.54, 1.807) is 0 Å². The van der Waals surface area contributed by atoms with E-state index < -0.39 is 10.8 Å². The van der Waals surface area contributed by atoms with E-state index >= 15 is 0 Å². The molecule has 0 unspecified atom stereocenters. The minimum Gasteiger partial charge on any atom is -0.320 e. The van der Waals surface area contributed by atoms with Crippen molar-refractivity contribution >= 4 is 28.9 Å². The topological polar surface area (TPSA) is 85.1 Å². The lowest BCUT2D eigenvalue weighted by Gasteiger charge is -2.06. The Morgan fingerprint density at radius 2 is 1.95 bits per heavy atom. The van der Waals surface area contributed by atoms with Crippen LogP contribution >= 0.6 is 11.6 Å². The van der Waals surface area contributed by atoms with Crippen LogP contribution in [-0.4, -0.2) is 15.8 Å². The molecular weight excluding hydrogens is 270 g/mol. The lowest BCUT2D eigenvalue weighted by Crippen LogP contribution is -2.12. The van der Waals surface area contributed by atoms with Crippen LogP contribution in [0.15, 0.2) is 42.7 Å². The molecule has 96 valence electrons. The molecule has 7 heteroatoms. The van der Waals surface area contributed by atoms with Gasteiger partial charge in [-0.2, -0.15) is 0 Å². The summed E-state index contributed by atoms with van der Waals surface area (Å²) in [6.07, 6.45) is 2.95. The van der Waals surface area contributed by atoms with Gasteiger partial charge in [0.15, 0.2) is 0 Å². The maximum absolute atomic E-state index is 11.9. The van der Waals surface area contributed by atoms with Gasteiger partial charge in [0.2, 0.25) is 0 Å². The molecular formula is C12H8ClN3O3. The van der Waals surface area contributed by atoms with Crippen molar-refractivity contribution in [3.63, 3.8) is 0 Å². The van der Waals surface area contributed by atoms with E-state index in [4.69, 9.17) is 11.6 Å². The Morgan fingerprint density at radius 3 is 2.58 bits per heavy atom. The van der Waals surface area contributed by atoms with Crippen LogP contribution in [0.25, 0.3) is 0 Å².